The van der Waals surface area contributed by atoms with Crippen LogP contribution in [0.5, 0.6) is 0 Å². The summed E-state index contributed by atoms with van der Waals surface area (Å²) in [6.07, 6.45) is 0. The predicted molar refractivity (Wildman–Crippen MR) is 69.3 cm³/mol. The summed E-state index contributed by atoms with van der Waals surface area (Å²) in [6, 6.07) is 5.96. The maximum Gasteiger partial charge on any atom is 0.238 e. The minimum absolute atomic E-state index is 0.0292. The Hall–Kier alpha value is -1.39. The average Bonchev–Trinajstić information content (AvgIpc) is 2.30. The Morgan fingerprint density at radius 3 is 2.53 bits per heavy atom. The van der Waals surface area contributed by atoms with Crippen LogP contribution in [0.2, 0.25) is 0 Å². The molecule has 4 heteroatoms. The number of rotatable bonds is 6. The lowest BCUT2D eigenvalue weighted by Crippen LogP contribution is -2.30. The van der Waals surface area contributed by atoms with Gasteiger partial charge in [0.2, 0.25) is 5.91 Å². The molecule has 1 aromatic rings. The standard InChI is InChI=1S/C13H20N2O2/c1-10-5-4-6-11(2)13(10)15-12(16)9-14-7-8-17-3/h4-6,14H,7-9H2,1-3H3,(H,15,16). The van der Waals surface area contributed by atoms with Crippen molar-refractivity contribution in [3.63, 3.8) is 0 Å². The van der Waals surface area contributed by atoms with Gasteiger partial charge in [0, 0.05) is 19.3 Å². The molecule has 1 rings (SSSR count). The highest BCUT2D eigenvalue weighted by Gasteiger charge is 2.06. The van der Waals surface area contributed by atoms with E-state index >= 15 is 0 Å². The van der Waals surface area contributed by atoms with Crippen molar-refractivity contribution in [1.29, 1.82) is 0 Å². The summed E-state index contributed by atoms with van der Waals surface area (Å²) >= 11 is 0. The third-order valence-electron chi connectivity index (χ3n) is 2.51. The second kappa shape index (κ2) is 7.04. The summed E-state index contributed by atoms with van der Waals surface area (Å²) < 4.78 is 4.89. The minimum atomic E-state index is -0.0292. The second-order valence-corrected chi connectivity index (χ2v) is 3.98. The number of para-hydroxylation sites is 1. The monoisotopic (exact) mass is 236 g/mol. The SMILES string of the molecule is COCCNCC(=O)Nc1c(C)cccc1C. The van der Waals surface area contributed by atoms with Gasteiger partial charge in [-0.25, -0.2) is 0 Å². The quantitative estimate of drug-likeness (QED) is 0.736. The fraction of sp³-hybridized carbons (Fsp3) is 0.462. The van der Waals surface area contributed by atoms with Crippen LogP contribution in [0.4, 0.5) is 5.69 Å². The van der Waals surface area contributed by atoms with Gasteiger partial charge in [-0.1, -0.05) is 18.2 Å². The maximum absolute atomic E-state index is 11.7. The van der Waals surface area contributed by atoms with E-state index in [-0.39, 0.29) is 5.91 Å². The van der Waals surface area contributed by atoms with Crippen molar-refractivity contribution in [1.82, 2.24) is 5.32 Å². The van der Waals surface area contributed by atoms with Crippen LogP contribution >= 0.6 is 0 Å². The number of hydrogen-bond donors (Lipinski definition) is 2. The Kier molecular flexibility index (Phi) is 5.66. The highest BCUT2D eigenvalue weighted by Crippen LogP contribution is 2.18. The minimum Gasteiger partial charge on any atom is -0.383 e. The Balaban J connectivity index is 2.45. The van der Waals surface area contributed by atoms with Crippen LogP contribution in [0.3, 0.4) is 0 Å². The highest BCUT2D eigenvalue weighted by molar-refractivity contribution is 5.93. The van der Waals surface area contributed by atoms with Gasteiger partial charge in [0.15, 0.2) is 0 Å². The molecule has 2 N–H and O–H groups in total. The van der Waals surface area contributed by atoms with Crippen molar-refractivity contribution in [2.75, 3.05) is 32.1 Å². The summed E-state index contributed by atoms with van der Waals surface area (Å²) in [5, 5.41) is 5.92. The number of anilines is 1. The average molecular weight is 236 g/mol. The third kappa shape index (κ3) is 4.54. The third-order valence-corrected chi connectivity index (χ3v) is 2.51. The number of ether oxygens (including phenoxy) is 1. The Bertz CT molecular complexity index is 357. The van der Waals surface area contributed by atoms with Gasteiger partial charge in [0.25, 0.3) is 0 Å². The molecule has 0 aliphatic heterocycles. The number of nitrogens with one attached hydrogen (secondary N) is 2. The van der Waals surface area contributed by atoms with E-state index in [1.807, 2.05) is 32.0 Å². The van der Waals surface area contributed by atoms with Crippen LogP contribution in [0.1, 0.15) is 11.1 Å². The first-order valence-corrected chi connectivity index (χ1v) is 5.71. The molecule has 17 heavy (non-hydrogen) atoms. The van der Waals surface area contributed by atoms with E-state index in [9.17, 15) is 4.79 Å². The molecule has 0 aromatic heterocycles. The number of carbonyl (C=O) groups is 1. The lowest BCUT2D eigenvalue weighted by molar-refractivity contribution is -0.115. The van der Waals surface area contributed by atoms with E-state index in [4.69, 9.17) is 4.74 Å². The van der Waals surface area contributed by atoms with Crippen LogP contribution in [0.15, 0.2) is 18.2 Å². The zero-order valence-electron chi connectivity index (χ0n) is 10.7. The molecule has 0 spiro atoms. The molecule has 0 radical (unpaired) electrons. The van der Waals surface area contributed by atoms with Gasteiger partial charge in [0.1, 0.15) is 0 Å². The summed E-state index contributed by atoms with van der Waals surface area (Å²) in [7, 11) is 1.64. The zero-order valence-corrected chi connectivity index (χ0v) is 10.7. The summed E-state index contributed by atoms with van der Waals surface area (Å²) in [5.74, 6) is -0.0292. The predicted octanol–water partition coefficient (Wildman–Crippen LogP) is 1.48. The fourth-order valence-corrected chi connectivity index (χ4v) is 1.57. The summed E-state index contributed by atoms with van der Waals surface area (Å²) in [4.78, 5) is 11.7. The van der Waals surface area contributed by atoms with E-state index < -0.39 is 0 Å². The molecular formula is C13H20N2O2. The van der Waals surface area contributed by atoms with Gasteiger partial charge < -0.3 is 15.4 Å². The number of aryl methyl sites for hydroxylation is 2. The second-order valence-electron chi connectivity index (χ2n) is 3.98. The summed E-state index contributed by atoms with van der Waals surface area (Å²) in [5.41, 5.74) is 3.07. The molecule has 0 aliphatic carbocycles. The van der Waals surface area contributed by atoms with Crippen molar-refractivity contribution < 1.29 is 9.53 Å². The van der Waals surface area contributed by atoms with E-state index in [2.05, 4.69) is 10.6 Å². The Labute approximate surface area is 102 Å². The molecule has 0 heterocycles. The number of hydrogen-bond acceptors (Lipinski definition) is 3. The van der Waals surface area contributed by atoms with Crippen LogP contribution in [-0.4, -0.2) is 32.7 Å². The molecule has 0 unspecified atom stereocenters. The van der Waals surface area contributed by atoms with Crippen LogP contribution in [0.25, 0.3) is 0 Å². The molecule has 0 saturated heterocycles. The van der Waals surface area contributed by atoms with E-state index in [1.54, 1.807) is 7.11 Å². The van der Waals surface area contributed by atoms with Gasteiger partial charge in [-0.2, -0.15) is 0 Å². The molecule has 0 bridgehead atoms. The maximum atomic E-state index is 11.7. The van der Waals surface area contributed by atoms with Crippen molar-refractivity contribution >= 4 is 11.6 Å². The lowest BCUT2D eigenvalue weighted by atomic mass is 10.1. The molecular weight excluding hydrogens is 216 g/mol. The molecule has 1 amide bonds. The van der Waals surface area contributed by atoms with E-state index in [0.29, 0.717) is 19.7 Å². The van der Waals surface area contributed by atoms with Crippen molar-refractivity contribution in [2.24, 2.45) is 0 Å². The Morgan fingerprint density at radius 2 is 1.94 bits per heavy atom. The number of methoxy groups -OCH3 is 1. The van der Waals surface area contributed by atoms with Crippen LogP contribution < -0.4 is 10.6 Å². The molecule has 4 nitrogen and oxygen atoms in total. The van der Waals surface area contributed by atoms with Gasteiger partial charge in [-0.15, -0.1) is 0 Å². The first kappa shape index (κ1) is 13.7. The summed E-state index contributed by atoms with van der Waals surface area (Å²) in [6.45, 7) is 5.56. The molecule has 0 fully saturated rings. The van der Waals surface area contributed by atoms with E-state index in [1.165, 1.54) is 0 Å². The van der Waals surface area contributed by atoms with Gasteiger partial charge in [-0.05, 0) is 25.0 Å². The van der Waals surface area contributed by atoms with Crippen molar-refractivity contribution in [3.8, 4) is 0 Å². The van der Waals surface area contributed by atoms with Gasteiger partial charge in [0.05, 0.1) is 13.2 Å². The van der Waals surface area contributed by atoms with Gasteiger partial charge in [-0.3, -0.25) is 4.79 Å². The first-order chi connectivity index (χ1) is 8.15. The lowest BCUT2D eigenvalue weighted by Gasteiger charge is -2.11. The van der Waals surface area contributed by atoms with Crippen molar-refractivity contribution in [3.05, 3.63) is 29.3 Å². The fourth-order valence-electron chi connectivity index (χ4n) is 1.57. The van der Waals surface area contributed by atoms with E-state index in [0.717, 1.165) is 16.8 Å². The molecule has 94 valence electrons. The number of carbonyl (C=O) groups excluding carboxylic acids is 1. The molecule has 0 aliphatic rings. The Morgan fingerprint density at radius 1 is 1.29 bits per heavy atom. The first-order valence-electron chi connectivity index (χ1n) is 5.71. The largest absolute Gasteiger partial charge is 0.383 e. The number of amides is 1. The molecule has 0 saturated carbocycles. The molecule has 1 aromatic carbocycles. The number of benzene rings is 1. The zero-order chi connectivity index (χ0) is 12.7. The van der Waals surface area contributed by atoms with Crippen LogP contribution in [-0.2, 0) is 9.53 Å². The topological polar surface area (TPSA) is 50.4 Å². The van der Waals surface area contributed by atoms with Crippen LogP contribution in [0, 0.1) is 13.8 Å². The highest BCUT2D eigenvalue weighted by atomic mass is 16.5. The normalized spacial score (nSPS) is 10.3. The van der Waals surface area contributed by atoms with Gasteiger partial charge >= 0.3 is 0 Å². The smallest absolute Gasteiger partial charge is 0.238 e. The molecule has 0 atom stereocenters. The van der Waals surface area contributed by atoms with Crippen molar-refractivity contribution in [2.45, 2.75) is 13.8 Å².